The Balaban J connectivity index is 2.16. The number of anilines is 1. The quantitative estimate of drug-likeness (QED) is 0.659. The highest BCUT2D eigenvalue weighted by Gasteiger charge is 2.07. The molecule has 0 unspecified atom stereocenters. The number of nitrogens with two attached hydrogens (primary N) is 1. The van der Waals surface area contributed by atoms with Crippen LogP contribution in [0.4, 0.5) is 5.69 Å². The Bertz CT molecular complexity index is 736. The van der Waals surface area contributed by atoms with Crippen molar-refractivity contribution in [2.45, 2.75) is 0 Å². The maximum absolute atomic E-state index is 5.95. The molecule has 1 heterocycles. The molecule has 18 heavy (non-hydrogen) atoms. The molecule has 0 saturated carbocycles. The zero-order chi connectivity index (χ0) is 12.7. The molecule has 0 radical (unpaired) electrons. The topological polar surface area (TPSA) is 54.7 Å². The number of hydrogen-bond donors (Lipinski definition) is 2. The smallest absolute Gasteiger partial charge is 0.138 e. The van der Waals surface area contributed by atoms with Crippen LogP contribution in [0.5, 0.6) is 0 Å². The first-order valence-electron chi connectivity index (χ1n) is 5.34. The van der Waals surface area contributed by atoms with E-state index in [1.165, 1.54) is 0 Å². The molecule has 0 bridgehead atoms. The molecular weight excluding hydrogens is 314 g/mol. The van der Waals surface area contributed by atoms with Crippen LogP contribution >= 0.6 is 27.5 Å². The van der Waals surface area contributed by atoms with Gasteiger partial charge in [-0.05, 0) is 52.3 Å². The number of aromatic amines is 1. The third-order valence-electron chi connectivity index (χ3n) is 2.72. The largest absolute Gasteiger partial charge is 0.398 e. The summed E-state index contributed by atoms with van der Waals surface area (Å²) >= 11 is 9.36. The molecule has 0 aliphatic rings. The van der Waals surface area contributed by atoms with Crippen LogP contribution in [-0.4, -0.2) is 9.97 Å². The van der Waals surface area contributed by atoms with E-state index in [2.05, 4.69) is 25.9 Å². The van der Waals surface area contributed by atoms with Gasteiger partial charge in [-0.15, -0.1) is 0 Å². The van der Waals surface area contributed by atoms with Gasteiger partial charge in [0, 0.05) is 20.7 Å². The fourth-order valence-electron chi connectivity index (χ4n) is 1.79. The van der Waals surface area contributed by atoms with Gasteiger partial charge in [0.25, 0.3) is 0 Å². The Kier molecular flexibility index (Phi) is 2.76. The van der Waals surface area contributed by atoms with E-state index in [0.717, 1.165) is 26.9 Å². The second kappa shape index (κ2) is 4.30. The predicted octanol–water partition coefficient (Wildman–Crippen LogP) is 4.23. The molecule has 0 saturated heterocycles. The minimum atomic E-state index is 0.691. The summed E-state index contributed by atoms with van der Waals surface area (Å²) in [6.07, 6.45) is 0. The van der Waals surface area contributed by atoms with E-state index in [9.17, 15) is 0 Å². The van der Waals surface area contributed by atoms with Crippen LogP contribution in [-0.2, 0) is 0 Å². The van der Waals surface area contributed by atoms with Crippen molar-refractivity contribution < 1.29 is 0 Å². The van der Waals surface area contributed by atoms with Gasteiger partial charge in [0.2, 0.25) is 0 Å². The van der Waals surface area contributed by atoms with Crippen LogP contribution in [0, 0.1) is 0 Å². The molecule has 0 atom stereocenters. The lowest BCUT2D eigenvalue weighted by atomic mass is 10.2. The predicted molar refractivity (Wildman–Crippen MR) is 78.7 cm³/mol. The van der Waals surface area contributed by atoms with E-state index in [1.54, 1.807) is 0 Å². The second-order valence-corrected chi connectivity index (χ2v) is 5.27. The standard InChI is InChI=1S/C13H9BrClN3/c14-9-5-7(1-3-10(9)16)13-17-11-4-2-8(15)6-12(11)18-13/h1-6H,16H2,(H,17,18). The molecule has 5 heteroatoms. The van der Waals surface area contributed by atoms with Gasteiger partial charge in [0.1, 0.15) is 5.82 Å². The Hall–Kier alpha value is -1.52. The van der Waals surface area contributed by atoms with E-state index in [0.29, 0.717) is 10.7 Å². The van der Waals surface area contributed by atoms with Gasteiger partial charge in [-0.25, -0.2) is 4.98 Å². The van der Waals surface area contributed by atoms with Gasteiger partial charge in [-0.2, -0.15) is 0 Å². The Morgan fingerprint density at radius 2 is 2.00 bits per heavy atom. The first-order chi connectivity index (χ1) is 8.63. The number of hydrogen-bond acceptors (Lipinski definition) is 2. The maximum atomic E-state index is 5.95. The minimum Gasteiger partial charge on any atom is -0.398 e. The van der Waals surface area contributed by atoms with Crippen molar-refractivity contribution in [3.63, 3.8) is 0 Å². The number of fused-ring (bicyclic) bond motifs is 1. The van der Waals surface area contributed by atoms with E-state index >= 15 is 0 Å². The summed E-state index contributed by atoms with van der Waals surface area (Å²) in [5.74, 6) is 0.799. The van der Waals surface area contributed by atoms with E-state index in [4.69, 9.17) is 17.3 Å². The summed E-state index contributed by atoms with van der Waals surface area (Å²) in [7, 11) is 0. The van der Waals surface area contributed by atoms with Crippen molar-refractivity contribution in [1.82, 2.24) is 9.97 Å². The van der Waals surface area contributed by atoms with Crippen LogP contribution in [0.15, 0.2) is 40.9 Å². The molecule has 0 aliphatic heterocycles. The van der Waals surface area contributed by atoms with E-state index < -0.39 is 0 Å². The number of H-pyrrole nitrogens is 1. The fraction of sp³-hybridized carbons (Fsp3) is 0. The highest BCUT2D eigenvalue weighted by Crippen LogP contribution is 2.27. The minimum absolute atomic E-state index is 0.691. The molecule has 1 aromatic heterocycles. The van der Waals surface area contributed by atoms with Crippen molar-refractivity contribution >= 4 is 44.3 Å². The highest BCUT2D eigenvalue weighted by molar-refractivity contribution is 9.10. The Labute approximate surface area is 117 Å². The van der Waals surface area contributed by atoms with Crippen LogP contribution in [0.2, 0.25) is 5.02 Å². The third kappa shape index (κ3) is 1.98. The molecule has 0 aliphatic carbocycles. The molecule has 3 rings (SSSR count). The van der Waals surface area contributed by atoms with Gasteiger partial charge < -0.3 is 10.7 Å². The van der Waals surface area contributed by atoms with Crippen molar-refractivity contribution in [2.75, 3.05) is 5.73 Å². The van der Waals surface area contributed by atoms with E-state index in [1.807, 2.05) is 36.4 Å². The van der Waals surface area contributed by atoms with Gasteiger partial charge in [-0.3, -0.25) is 0 Å². The number of aromatic nitrogens is 2. The van der Waals surface area contributed by atoms with Crippen molar-refractivity contribution in [2.24, 2.45) is 0 Å². The Morgan fingerprint density at radius 3 is 2.78 bits per heavy atom. The number of benzene rings is 2. The summed E-state index contributed by atoms with van der Waals surface area (Å²) in [6.45, 7) is 0. The third-order valence-corrected chi connectivity index (χ3v) is 3.64. The lowest BCUT2D eigenvalue weighted by Crippen LogP contribution is -1.87. The molecule has 0 spiro atoms. The number of imidazole rings is 1. The van der Waals surface area contributed by atoms with Crippen molar-refractivity contribution in [1.29, 1.82) is 0 Å². The van der Waals surface area contributed by atoms with Crippen molar-refractivity contribution in [3.8, 4) is 11.4 Å². The zero-order valence-electron chi connectivity index (χ0n) is 9.24. The molecule has 3 nitrogen and oxygen atoms in total. The van der Waals surface area contributed by atoms with Crippen LogP contribution < -0.4 is 5.73 Å². The SMILES string of the molecule is Nc1ccc(-c2nc3ccc(Cl)cc3[nH]2)cc1Br. The number of nitrogen functional groups attached to an aromatic ring is 1. The normalized spacial score (nSPS) is 11.0. The van der Waals surface area contributed by atoms with Gasteiger partial charge in [0.15, 0.2) is 0 Å². The zero-order valence-corrected chi connectivity index (χ0v) is 11.6. The van der Waals surface area contributed by atoms with Crippen molar-refractivity contribution in [3.05, 3.63) is 45.9 Å². The number of rotatable bonds is 1. The highest BCUT2D eigenvalue weighted by atomic mass is 79.9. The van der Waals surface area contributed by atoms with E-state index in [-0.39, 0.29) is 0 Å². The lowest BCUT2D eigenvalue weighted by Gasteiger charge is -2.00. The molecule has 90 valence electrons. The maximum Gasteiger partial charge on any atom is 0.138 e. The molecular formula is C13H9BrClN3. The van der Waals surface area contributed by atoms with Gasteiger partial charge in [0.05, 0.1) is 11.0 Å². The average Bonchev–Trinajstić information content (AvgIpc) is 2.75. The monoisotopic (exact) mass is 321 g/mol. The summed E-state index contributed by atoms with van der Waals surface area (Å²) < 4.78 is 0.860. The summed E-state index contributed by atoms with van der Waals surface area (Å²) in [4.78, 5) is 7.76. The molecule has 3 N–H and O–H groups in total. The van der Waals surface area contributed by atoms with Crippen LogP contribution in [0.25, 0.3) is 22.4 Å². The summed E-state index contributed by atoms with van der Waals surface area (Å²) in [5.41, 5.74) is 9.26. The summed E-state index contributed by atoms with van der Waals surface area (Å²) in [6, 6.07) is 11.3. The number of nitrogens with zero attached hydrogens (tertiary/aromatic N) is 1. The lowest BCUT2D eigenvalue weighted by molar-refractivity contribution is 1.33. The number of nitrogens with one attached hydrogen (secondary N) is 1. The fourth-order valence-corrected chi connectivity index (χ4v) is 2.34. The Morgan fingerprint density at radius 1 is 1.17 bits per heavy atom. The molecule has 3 aromatic rings. The average molecular weight is 323 g/mol. The van der Waals surface area contributed by atoms with Gasteiger partial charge in [-0.1, -0.05) is 11.6 Å². The van der Waals surface area contributed by atoms with Crippen LogP contribution in [0.1, 0.15) is 0 Å². The molecule has 2 aromatic carbocycles. The number of halogens is 2. The first-order valence-corrected chi connectivity index (χ1v) is 6.51. The first kappa shape index (κ1) is 11.6. The molecule has 0 amide bonds. The van der Waals surface area contributed by atoms with Gasteiger partial charge >= 0.3 is 0 Å². The van der Waals surface area contributed by atoms with Crippen LogP contribution in [0.3, 0.4) is 0 Å². The summed E-state index contributed by atoms with van der Waals surface area (Å²) in [5, 5.41) is 0.691. The second-order valence-electron chi connectivity index (χ2n) is 3.98. The molecule has 0 fully saturated rings.